The summed E-state index contributed by atoms with van der Waals surface area (Å²) in [5.41, 5.74) is 0.886. The predicted molar refractivity (Wildman–Crippen MR) is 118 cm³/mol. The highest BCUT2D eigenvalue weighted by atomic mass is 32.2. The molecule has 3 rings (SSSR count). The maximum atomic E-state index is 13.4. The fourth-order valence-corrected chi connectivity index (χ4v) is 3.84. The molecule has 174 valence electrons. The molecule has 0 saturated carbocycles. The number of urea groups is 1. The van der Waals surface area contributed by atoms with E-state index < -0.39 is 27.8 Å². The number of nitrogens with zero attached hydrogens (tertiary/aromatic N) is 1. The van der Waals surface area contributed by atoms with E-state index in [4.69, 9.17) is 8.92 Å². The number of hydrogen-bond donors (Lipinski definition) is 1. The molecule has 10 heteroatoms. The van der Waals surface area contributed by atoms with Crippen LogP contribution in [0.2, 0.25) is 0 Å². The zero-order valence-electron chi connectivity index (χ0n) is 17.7. The smallest absolute Gasteiger partial charge is 0.339 e. The molecule has 7 nitrogen and oxygen atoms in total. The van der Waals surface area contributed by atoms with Gasteiger partial charge in [-0.2, -0.15) is 8.42 Å². The van der Waals surface area contributed by atoms with Gasteiger partial charge in [0.1, 0.15) is 22.3 Å². The van der Waals surface area contributed by atoms with Crippen LogP contribution in [-0.4, -0.2) is 39.6 Å². The lowest BCUT2D eigenvalue weighted by molar-refractivity contribution is 0.153. The molecule has 0 fully saturated rings. The van der Waals surface area contributed by atoms with Crippen LogP contribution >= 0.6 is 0 Å². The van der Waals surface area contributed by atoms with Gasteiger partial charge in [0.25, 0.3) is 0 Å². The number of rotatable bonds is 9. The Hall–Kier alpha value is -3.50. The highest BCUT2D eigenvalue weighted by Crippen LogP contribution is 2.21. The molecule has 0 aromatic heterocycles. The molecule has 0 aliphatic heterocycles. The molecule has 0 heterocycles. The van der Waals surface area contributed by atoms with Crippen molar-refractivity contribution in [3.63, 3.8) is 0 Å². The molecule has 3 aromatic rings. The van der Waals surface area contributed by atoms with Gasteiger partial charge in [-0.25, -0.2) is 13.6 Å². The normalized spacial score (nSPS) is 11.1. The SMILES string of the molecule is COCCN(Cc1cccc(OS(=O)(=O)c2ccc(F)cc2)c1)C(=O)Nc1cccc(F)c1. The molecule has 0 bridgehead atoms. The first-order valence-corrected chi connectivity index (χ1v) is 11.3. The molecule has 0 unspecified atom stereocenters. The zero-order chi connectivity index (χ0) is 23.8. The van der Waals surface area contributed by atoms with Crippen LogP contribution in [0.25, 0.3) is 0 Å². The van der Waals surface area contributed by atoms with E-state index in [-0.39, 0.29) is 30.3 Å². The molecule has 0 aliphatic carbocycles. The van der Waals surface area contributed by atoms with Crippen molar-refractivity contribution < 1.29 is 30.9 Å². The molecule has 0 spiro atoms. The molecule has 0 radical (unpaired) electrons. The van der Waals surface area contributed by atoms with Gasteiger partial charge in [0, 0.05) is 25.9 Å². The monoisotopic (exact) mass is 476 g/mol. The molecule has 3 aromatic carbocycles. The van der Waals surface area contributed by atoms with Crippen molar-refractivity contribution in [3.05, 3.63) is 90.0 Å². The van der Waals surface area contributed by atoms with Crippen LogP contribution in [0.3, 0.4) is 0 Å². The molecular formula is C23H22F2N2O5S. The predicted octanol–water partition coefficient (Wildman–Crippen LogP) is 4.41. The number of carbonyl (C=O) groups excluding carboxylic acids is 1. The number of anilines is 1. The lowest BCUT2D eigenvalue weighted by Crippen LogP contribution is -2.36. The standard InChI is InChI=1S/C23H22F2N2O5S/c1-31-13-12-27(23(28)26-20-6-3-5-19(25)15-20)16-17-4-2-7-21(14-17)32-33(29,30)22-10-8-18(24)9-11-22/h2-11,14-15H,12-13,16H2,1H3,(H,26,28). The lowest BCUT2D eigenvalue weighted by Gasteiger charge is -2.23. The molecule has 0 saturated heterocycles. The third kappa shape index (κ3) is 6.99. The van der Waals surface area contributed by atoms with Gasteiger partial charge in [0.2, 0.25) is 0 Å². The summed E-state index contributed by atoms with van der Waals surface area (Å²) in [5.74, 6) is -1.01. The summed E-state index contributed by atoms with van der Waals surface area (Å²) < 4.78 is 61.7. The van der Waals surface area contributed by atoms with E-state index >= 15 is 0 Å². The van der Waals surface area contributed by atoms with Gasteiger partial charge < -0.3 is 19.1 Å². The Morgan fingerprint density at radius 2 is 1.70 bits per heavy atom. The quantitative estimate of drug-likeness (QED) is 0.463. The van der Waals surface area contributed by atoms with Gasteiger partial charge in [-0.15, -0.1) is 0 Å². The second kappa shape index (κ2) is 10.9. The van der Waals surface area contributed by atoms with E-state index in [1.807, 2.05) is 0 Å². The van der Waals surface area contributed by atoms with Crippen LogP contribution in [0, 0.1) is 11.6 Å². The molecule has 0 aliphatic rings. The van der Waals surface area contributed by atoms with E-state index in [2.05, 4.69) is 5.32 Å². The lowest BCUT2D eigenvalue weighted by atomic mass is 10.2. The fraction of sp³-hybridized carbons (Fsp3) is 0.174. The van der Waals surface area contributed by atoms with E-state index in [9.17, 15) is 22.0 Å². The maximum Gasteiger partial charge on any atom is 0.339 e. The first-order chi connectivity index (χ1) is 15.8. The third-order valence-corrected chi connectivity index (χ3v) is 5.77. The Morgan fingerprint density at radius 1 is 0.970 bits per heavy atom. The van der Waals surface area contributed by atoms with Crippen LogP contribution in [0.1, 0.15) is 5.56 Å². The molecule has 2 amide bonds. The van der Waals surface area contributed by atoms with Crippen molar-refractivity contribution in [2.75, 3.05) is 25.6 Å². The highest BCUT2D eigenvalue weighted by Gasteiger charge is 2.18. The van der Waals surface area contributed by atoms with Crippen LogP contribution < -0.4 is 9.50 Å². The van der Waals surface area contributed by atoms with Crippen molar-refractivity contribution in [2.24, 2.45) is 0 Å². The number of hydrogen-bond acceptors (Lipinski definition) is 5. The van der Waals surface area contributed by atoms with Gasteiger partial charge in [-0.1, -0.05) is 18.2 Å². The Balaban J connectivity index is 1.74. The molecule has 1 N–H and O–H groups in total. The average Bonchev–Trinajstić information content (AvgIpc) is 2.77. The highest BCUT2D eigenvalue weighted by molar-refractivity contribution is 7.87. The maximum absolute atomic E-state index is 13.4. The van der Waals surface area contributed by atoms with Crippen molar-refractivity contribution >= 4 is 21.8 Å². The fourth-order valence-electron chi connectivity index (χ4n) is 2.91. The Kier molecular flexibility index (Phi) is 7.96. The van der Waals surface area contributed by atoms with Crippen LogP contribution in [0.4, 0.5) is 19.3 Å². The number of benzene rings is 3. The average molecular weight is 477 g/mol. The van der Waals surface area contributed by atoms with E-state index in [0.29, 0.717) is 11.3 Å². The van der Waals surface area contributed by atoms with E-state index in [1.54, 1.807) is 18.2 Å². The minimum atomic E-state index is -4.17. The van der Waals surface area contributed by atoms with Crippen LogP contribution in [0.15, 0.2) is 77.7 Å². The second-order valence-corrected chi connectivity index (χ2v) is 8.54. The van der Waals surface area contributed by atoms with Crippen molar-refractivity contribution in [1.82, 2.24) is 4.90 Å². The number of ether oxygens (including phenoxy) is 1. The number of carbonyl (C=O) groups is 1. The minimum Gasteiger partial charge on any atom is -0.383 e. The number of halogens is 2. The molecule has 0 atom stereocenters. The minimum absolute atomic E-state index is 0.0362. The van der Waals surface area contributed by atoms with Gasteiger partial charge in [-0.05, 0) is 60.2 Å². The molecular weight excluding hydrogens is 454 g/mol. The topological polar surface area (TPSA) is 84.9 Å². The summed E-state index contributed by atoms with van der Waals surface area (Å²) in [6.45, 7) is 0.598. The van der Waals surface area contributed by atoms with Gasteiger partial charge in [-0.3, -0.25) is 0 Å². The summed E-state index contributed by atoms with van der Waals surface area (Å²) in [6, 6.07) is 15.5. The second-order valence-electron chi connectivity index (χ2n) is 6.99. The molecule has 33 heavy (non-hydrogen) atoms. The summed E-state index contributed by atoms with van der Waals surface area (Å²) in [5, 5.41) is 2.62. The van der Waals surface area contributed by atoms with E-state index in [1.165, 1.54) is 42.3 Å². The van der Waals surface area contributed by atoms with Crippen molar-refractivity contribution in [1.29, 1.82) is 0 Å². The number of nitrogens with one attached hydrogen (secondary N) is 1. The third-order valence-electron chi connectivity index (χ3n) is 4.51. The van der Waals surface area contributed by atoms with Crippen molar-refractivity contribution in [3.8, 4) is 5.75 Å². The van der Waals surface area contributed by atoms with Crippen molar-refractivity contribution in [2.45, 2.75) is 11.4 Å². The number of amides is 2. The first-order valence-electron chi connectivity index (χ1n) is 9.86. The van der Waals surface area contributed by atoms with Gasteiger partial charge in [0.15, 0.2) is 0 Å². The Morgan fingerprint density at radius 3 is 2.39 bits per heavy atom. The van der Waals surface area contributed by atoms with Crippen LogP contribution in [-0.2, 0) is 21.4 Å². The van der Waals surface area contributed by atoms with Gasteiger partial charge >= 0.3 is 16.1 Å². The largest absolute Gasteiger partial charge is 0.383 e. The van der Waals surface area contributed by atoms with Gasteiger partial charge in [0.05, 0.1) is 6.61 Å². The number of methoxy groups -OCH3 is 1. The first kappa shape index (κ1) is 24.1. The van der Waals surface area contributed by atoms with E-state index in [0.717, 1.165) is 24.3 Å². The summed E-state index contributed by atoms with van der Waals surface area (Å²) >= 11 is 0. The van der Waals surface area contributed by atoms with Crippen LogP contribution in [0.5, 0.6) is 5.75 Å². The summed E-state index contributed by atoms with van der Waals surface area (Å²) in [7, 11) is -2.67. The summed E-state index contributed by atoms with van der Waals surface area (Å²) in [4.78, 5) is 14.0. The summed E-state index contributed by atoms with van der Waals surface area (Å²) in [6.07, 6.45) is 0. The Bertz CT molecular complexity index is 1200. The Labute approximate surface area is 190 Å². The zero-order valence-corrected chi connectivity index (χ0v) is 18.5.